The summed E-state index contributed by atoms with van der Waals surface area (Å²) in [5.74, 6) is -1.20. The molecule has 3 aromatic rings. The minimum atomic E-state index is -4.49. The van der Waals surface area contributed by atoms with Gasteiger partial charge in [-0.2, -0.15) is 0 Å². The van der Waals surface area contributed by atoms with Crippen LogP contribution in [-0.2, 0) is 10.0 Å². The van der Waals surface area contributed by atoms with E-state index in [4.69, 9.17) is 5.14 Å². The second-order valence-corrected chi connectivity index (χ2v) is 9.72. The van der Waals surface area contributed by atoms with Crippen LogP contribution in [-0.4, -0.2) is 34.4 Å². The minimum absolute atomic E-state index is 0.0362. The van der Waals surface area contributed by atoms with Gasteiger partial charge < -0.3 is 0 Å². The van der Waals surface area contributed by atoms with Crippen molar-refractivity contribution in [3.63, 3.8) is 0 Å². The van der Waals surface area contributed by atoms with Gasteiger partial charge in [-0.05, 0) is 25.8 Å². The molecule has 2 heterocycles. The predicted octanol–water partition coefficient (Wildman–Crippen LogP) is 2.68. The Kier molecular flexibility index (Phi) is 4.78. The van der Waals surface area contributed by atoms with Gasteiger partial charge in [0.05, 0.1) is 17.7 Å². The first-order valence-corrected chi connectivity index (χ1v) is 11.0. The number of halogens is 4. The van der Waals surface area contributed by atoms with E-state index in [1.165, 1.54) is 0 Å². The molecule has 14 heteroatoms. The number of hydrogen-bond donors (Lipinski definition) is 1. The van der Waals surface area contributed by atoms with Gasteiger partial charge in [0.15, 0.2) is 5.01 Å². The van der Waals surface area contributed by atoms with Crippen molar-refractivity contribution in [2.24, 2.45) is 10.6 Å². The highest BCUT2D eigenvalue weighted by atomic mass is 32.2. The Bertz CT molecular complexity index is 1310. The average Bonchev–Trinajstić information content (AvgIpc) is 3.22. The summed E-state index contributed by atoms with van der Waals surface area (Å²) in [7, 11) is -4.49. The molecule has 30 heavy (non-hydrogen) atoms. The largest absolute Gasteiger partial charge is 0.335 e. The second kappa shape index (κ2) is 6.85. The fourth-order valence-electron chi connectivity index (χ4n) is 3.50. The predicted molar refractivity (Wildman–Crippen MR) is 99.6 cm³/mol. The number of alkyl halides is 3. The number of benzene rings is 1. The van der Waals surface area contributed by atoms with Crippen molar-refractivity contribution in [2.75, 3.05) is 6.67 Å². The van der Waals surface area contributed by atoms with Crippen LogP contribution in [0.25, 0.3) is 16.2 Å². The first-order valence-electron chi connectivity index (χ1n) is 8.67. The van der Waals surface area contributed by atoms with Crippen molar-refractivity contribution in [1.82, 2.24) is 19.3 Å². The molecule has 1 aliphatic rings. The zero-order valence-electron chi connectivity index (χ0n) is 15.4. The molecule has 0 saturated heterocycles. The summed E-state index contributed by atoms with van der Waals surface area (Å²) < 4.78 is 79.5. The lowest BCUT2D eigenvalue weighted by Crippen LogP contribution is -2.30. The van der Waals surface area contributed by atoms with Crippen molar-refractivity contribution in [2.45, 2.75) is 37.1 Å². The van der Waals surface area contributed by atoms with Crippen molar-refractivity contribution in [3.8, 4) is 5.13 Å². The molecule has 2 aromatic heterocycles. The van der Waals surface area contributed by atoms with Crippen LogP contribution in [0, 0.1) is 11.2 Å². The number of primary sulfonamides is 1. The fraction of sp³-hybridized carbons (Fsp3) is 0.438. The van der Waals surface area contributed by atoms with Gasteiger partial charge in [-0.25, -0.2) is 36.1 Å². The van der Waals surface area contributed by atoms with Crippen molar-refractivity contribution in [3.05, 3.63) is 33.4 Å². The van der Waals surface area contributed by atoms with Crippen molar-refractivity contribution in [1.29, 1.82) is 0 Å². The van der Waals surface area contributed by atoms with E-state index in [0.717, 1.165) is 21.3 Å². The van der Waals surface area contributed by atoms with E-state index in [-0.39, 0.29) is 16.2 Å². The molecule has 0 amide bonds. The summed E-state index contributed by atoms with van der Waals surface area (Å²) in [5, 5.41) is 11.1. The number of imidazole rings is 1. The summed E-state index contributed by atoms with van der Waals surface area (Å²) in [6, 6.07) is 0.941. The third kappa shape index (κ3) is 3.13. The van der Waals surface area contributed by atoms with Crippen LogP contribution in [0.5, 0.6) is 0 Å². The molecule has 1 saturated carbocycles. The summed E-state index contributed by atoms with van der Waals surface area (Å²) in [4.78, 5) is 12.3. The van der Waals surface area contributed by atoms with Gasteiger partial charge in [-0.1, -0.05) is 11.3 Å². The molecule has 0 aliphatic heterocycles. The molecule has 0 bridgehead atoms. The number of nitrogens with two attached hydrogens (primary N) is 1. The quantitative estimate of drug-likeness (QED) is 0.563. The van der Waals surface area contributed by atoms with Crippen LogP contribution in [0.3, 0.4) is 0 Å². The number of fused-ring (bicyclic) bond motifs is 1. The zero-order valence-corrected chi connectivity index (χ0v) is 17.0. The Morgan fingerprint density at radius 1 is 1.27 bits per heavy atom. The van der Waals surface area contributed by atoms with E-state index in [0.29, 0.717) is 24.2 Å². The highest BCUT2D eigenvalue weighted by Crippen LogP contribution is 2.54. The Morgan fingerprint density at radius 2 is 1.93 bits per heavy atom. The van der Waals surface area contributed by atoms with Crippen LogP contribution in [0.15, 0.2) is 21.8 Å². The van der Waals surface area contributed by atoms with Crippen LogP contribution >= 0.6 is 11.3 Å². The maximum Gasteiger partial charge on any atom is 0.335 e. The molecular formula is C16H15F4N5O3S2. The lowest BCUT2D eigenvalue weighted by Gasteiger charge is -2.21. The van der Waals surface area contributed by atoms with Crippen molar-refractivity contribution < 1.29 is 26.0 Å². The normalized spacial score (nSPS) is 17.0. The monoisotopic (exact) mass is 465 g/mol. The molecule has 162 valence electrons. The zero-order chi connectivity index (χ0) is 22.0. The van der Waals surface area contributed by atoms with E-state index >= 15 is 0 Å². The average molecular weight is 465 g/mol. The summed E-state index contributed by atoms with van der Waals surface area (Å²) in [5.41, 5.74) is -1.78. The number of aromatic nitrogens is 4. The van der Waals surface area contributed by atoms with Crippen LogP contribution in [0.1, 0.15) is 37.2 Å². The molecule has 1 fully saturated rings. The van der Waals surface area contributed by atoms with E-state index in [1.54, 1.807) is 6.92 Å². The number of sulfonamides is 1. The first-order chi connectivity index (χ1) is 14.0. The Morgan fingerprint density at radius 3 is 2.43 bits per heavy atom. The lowest BCUT2D eigenvalue weighted by molar-refractivity contribution is 0.150. The summed E-state index contributed by atoms with van der Waals surface area (Å²) in [6.45, 7) is 0.882. The molecule has 0 spiro atoms. The van der Waals surface area contributed by atoms with Gasteiger partial charge in [0.1, 0.15) is 10.7 Å². The Labute approximate surface area is 171 Å². The smallest absolute Gasteiger partial charge is 0.288 e. The van der Waals surface area contributed by atoms with Crippen molar-refractivity contribution >= 4 is 32.4 Å². The van der Waals surface area contributed by atoms with E-state index in [1.807, 2.05) is 0 Å². The van der Waals surface area contributed by atoms with Gasteiger partial charge >= 0.3 is 5.69 Å². The fourth-order valence-corrected chi connectivity index (χ4v) is 4.81. The highest BCUT2D eigenvalue weighted by Gasteiger charge is 2.49. The van der Waals surface area contributed by atoms with Gasteiger partial charge in [0.2, 0.25) is 15.2 Å². The third-order valence-electron chi connectivity index (χ3n) is 5.47. The first kappa shape index (κ1) is 20.9. The topological polar surface area (TPSA) is 113 Å². The number of hydrogen-bond acceptors (Lipinski definition) is 6. The Hall–Kier alpha value is -2.32. The van der Waals surface area contributed by atoms with Crippen LogP contribution < -0.4 is 10.8 Å². The van der Waals surface area contributed by atoms with Gasteiger partial charge in [-0.3, -0.25) is 8.96 Å². The maximum absolute atomic E-state index is 14.5. The molecule has 1 atom stereocenters. The van der Waals surface area contributed by atoms with E-state index in [9.17, 15) is 30.8 Å². The van der Waals surface area contributed by atoms with Gasteiger partial charge in [-0.15, -0.1) is 10.2 Å². The lowest BCUT2D eigenvalue weighted by atomic mass is 9.99. The SMILES string of the molecule is CC(n1c(=O)n(-c2nnc(C(F)F)s2)c2cc(S(N)(=O)=O)c(F)cc21)C1(CF)CC1. The standard InChI is InChI=1S/C16H15F4N5O3S2/c1-7(16(6-17)2-3-16)24-9-4-8(18)11(30(21,27)28)5-10(9)25(15(24)26)14-23-22-13(29-14)12(19)20/h4-5,7,12H,2-3,6H2,1H3,(H2,21,27,28). The third-order valence-corrected chi connectivity index (χ3v) is 7.31. The molecule has 1 aromatic carbocycles. The molecule has 1 unspecified atom stereocenters. The summed E-state index contributed by atoms with van der Waals surface area (Å²) >= 11 is 0.423. The molecule has 2 N–H and O–H groups in total. The molecular weight excluding hydrogens is 450 g/mol. The molecule has 8 nitrogen and oxygen atoms in total. The van der Waals surface area contributed by atoms with Crippen LogP contribution in [0.2, 0.25) is 0 Å². The molecule has 0 radical (unpaired) electrons. The molecule has 4 rings (SSSR count). The Balaban J connectivity index is 2.06. The maximum atomic E-state index is 14.5. The van der Waals surface area contributed by atoms with E-state index < -0.39 is 56.0 Å². The highest BCUT2D eigenvalue weighted by molar-refractivity contribution is 7.89. The van der Waals surface area contributed by atoms with E-state index in [2.05, 4.69) is 10.2 Å². The molecule has 1 aliphatic carbocycles. The summed E-state index contributed by atoms with van der Waals surface area (Å²) in [6.07, 6.45) is -1.91. The second-order valence-electron chi connectivity index (χ2n) is 7.20. The van der Waals surface area contributed by atoms with Gasteiger partial charge in [0, 0.05) is 17.5 Å². The van der Waals surface area contributed by atoms with Crippen LogP contribution in [0.4, 0.5) is 17.6 Å². The number of nitrogens with zero attached hydrogens (tertiary/aromatic N) is 4. The van der Waals surface area contributed by atoms with Gasteiger partial charge in [0.25, 0.3) is 6.43 Å². The number of rotatable bonds is 6. The minimum Gasteiger partial charge on any atom is -0.288 e.